The van der Waals surface area contributed by atoms with E-state index in [2.05, 4.69) is 4.74 Å². The van der Waals surface area contributed by atoms with Crippen molar-refractivity contribution in [2.45, 2.75) is 13.8 Å². The third-order valence-electron chi connectivity index (χ3n) is 0.287. The van der Waals surface area contributed by atoms with Crippen LogP contribution in [0.15, 0.2) is 0 Å². The number of hydrogen-bond donors (Lipinski definition) is 0. The summed E-state index contributed by atoms with van der Waals surface area (Å²) in [5, 5.41) is 0. The highest BCUT2D eigenvalue weighted by atomic mass is 17.2. The summed E-state index contributed by atoms with van der Waals surface area (Å²) in [5.74, 6) is -1.12. The van der Waals surface area contributed by atoms with Crippen LogP contribution in [-0.2, 0) is 14.3 Å². The standard InChI is InChI=1S/C4H6O3/c1-3(5)7-4(2)6/h1-2H3/i3+3,4+3. The van der Waals surface area contributed by atoms with E-state index in [0.29, 0.717) is 0 Å². The number of ether oxygens (including phenoxy) is 1. The lowest BCUT2D eigenvalue weighted by atomic mass is 11.7. The van der Waals surface area contributed by atoms with Crippen LogP contribution in [0.2, 0.25) is 0 Å². The highest BCUT2D eigenvalue weighted by molar-refractivity contribution is 5.82. The van der Waals surface area contributed by atoms with E-state index in [9.17, 15) is 9.59 Å². The lowest BCUT2D eigenvalue weighted by molar-refractivity contribution is -0.156. The Morgan fingerprint density at radius 3 is 1.43 bits per heavy atom. The molecule has 3 nitrogen and oxygen atoms in total. The van der Waals surface area contributed by atoms with Gasteiger partial charge in [0.25, 0.3) is 0 Å². The molecule has 0 N–H and O–H groups in total. The van der Waals surface area contributed by atoms with Gasteiger partial charge in [-0.15, -0.1) is 0 Å². The Labute approximate surface area is 41.3 Å². The predicted molar refractivity (Wildman–Crippen MR) is 22.4 cm³/mol. The Morgan fingerprint density at radius 1 is 1.14 bits per heavy atom. The fraction of sp³-hybridized carbons (Fsp3) is 0.500. The molecule has 0 aliphatic heterocycles. The molecule has 0 atom stereocenters. The molecular weight excluding hydrogens is 102 g/mol. The molecule has 0 spiro atoms. The Kier molecular flexibility index (Phi) is 2.05. The molecule has 3 heteroatoms. The first-order chi connectivity index (χ1) is 3.13. The molecule has 0 aliphatic rings. The third kappa shape index (κ3) is 5.14. The van der Waals surface area contributed by atoms with Crippen LogP contribution in [0.1, 0.15) is 13.8 Å². The van der Waals surface area contributed by atoms with Gasteiger partial charge in [0.1, 0.15) is 0 Å². The van der Waals surface area contributed by atoms with Gasteiger partial charge in [0.05, 0.1) is 0 Å². The Morgan fingerprint density at radius 2 is 1.43 bits per heavy atom. The second-order valence-electron chi connectivity index (χ2n) is 1.09. The summed E-state index contributed by atoms with van der Waals surface area (Å²) in [6.45, 7) is 2.36. The van der Waals surface area contributed by atoms with E-state index in [-0.39, 0.29) is 0 Å². The normalized spacial score (nSPS) is 7.71. The van der Waals surface area contributed by atoms with Gasteiger partial charge in [0, 0.05) is 13.8 Å². The van der Waals surface area contributed by atoms with Crippen molar-refractivity contribution >= 4 is 11.9 Å². The summed E-state index contributed by atoms with van der Waals surface area (Å²) in [5.41, 5.74) is 0. The van der Waals surface area contributed by atoms with Gasteiger partial charge in [0.2, 0.25) is 0 Å². The average Bonchev–Trinajstić information content (AvgIpc) is 1.27. The second kappa shape index (κ2) is 2.34. The summed E-state index contributed by atoms with van der Waals surface area (Å²) in [6.07, 6.45) is 0. The van der Waals surface area contributed by atoms with E-state index in [1.54, 1.807) is 0 Å². The van der Waals surface area contributed by atoms with Crippen LogP contribution in [0.5, 0.6) is 0 Å². The van der Waals surface area contributed by atoms with Crippen molar-refractivity contribution in [2.75, 3.05) is 0 Å². The molecule has 0 heterocycles. The maximum Gasteiger partial charge on any atom is 0.310 e. The summed E-state index contributed by atoms with van der Waals surface area (Å²) in [6, 6.07) is 0. The van der Waals surface area contributed by atoms with Crippen LogP contribution in [-0.4, -0.2) is 11.9 Å². The highest BCUT2D eigenvalue weighted by Gasteiger charge is 1.93. The van der Waals surface area contributed by atoms with Gasteiger partial charge in [-0.2, -0.15) is 0 Å². The lowest BCUT2D eigenvalue weighted by Crippen LogP contribution is -2.03. The van der Waals surface area contributed by atoms with Gasteiger partial charge in [-0.1, -0.05) is 0 Å². The maximum absolute atomic E-state index is 9.81. The minimum absolute atomic E-state index is 0.562. The molecule has 0 fully saturated rings. The van der Waals surface area contributed by atoms with E-state index in [1.165, 1.54) is 13.8 Å². The van der Waals surface area contributed by atoms with Crippen LogP contribution in [0.4, 0.5) is 0 Å². The molecule has 40 valence electrons. The number of carbonyl (C=O) groups excluding carboxylic acids is 2. The van der Waals surface area contributed by atoms with Crippen LogP contribution < -0.4 is 0 Å². The first kappa shape index (κ1) is 6.14. The van der Waals surface area contributed by atoms with E-state index in [1.807, 2.05) is 0 Å². The molecule has 0 aliphatic carbocycles. The molecule has 0 aromatic rings. The summed E-state index contributed by atoms with van der Waals surface area (Å²) < 4.78 is 3.97. The smallest absolute Gasteiger partial charge is 0.310 e. The molecule has 0 rings (SSSR count). The van der Waals surface area contributed by atoms with E-state index < -0.39 is 11.9 Å². The van der Waals surface area contributed by atoms with Crippen LogP contribution >= 0.6 is 0 Å². The molecule has 0 aromatic carbocycles. The van der Waals surface area contributed by atoms with Gasteiger partial charge in [-0.3, -0.25) is 9.59 Å². The van der Waals surface area contributed by atoms with Crippen LogP contribution in [0.3, 0.4) is 0 Å². The average molecular weight is 108 g/mol. The van der Waals surface area contributed by atoms with Crippen molar-refractivity contribution in [3.05, 3.63) is 0 Å². The van der Waals surface area contributed by atoms with E-state index in [4.69, 9.17) is 0 Å². The van der Waals surface area contributed by atoms with E-state index >= 15 is 0 Å². The predicted octanol–water partition coefficient (Wildman–Crippen LogP) is 0.0960. The van der Waals surface area contributed by atoms with Crippen LogP contribution in [0.25, 0.3) is 0 Å². The largest absolute Gasteiger partial charge is 0.394 e. The Hall–Kier alpha value is -0.860. The topological polar surface area (TPSA) is 43.4 Å². The minimum Gasteiger partial charge on any atom is -0.394 e. The summed E-state index contributed by atoms with van der Waals surface area (Å²) >= 11 is 0. The van der Waals surface area contributed by atoms with Gasteiger partial charge in [-0.25, -0.2) is 0 Å². The van der Waals surface area contributed by atoms with E-state index in [0.717, 1.165) is 0 Å². The monoisotopic (exact) mass is 108 g/mol. The number of carbonyl (C=O) groups is 2. The zero-order valence-electron chi connectivity index (χ0n) is 4.22. The Bertz CT molecular complexity index is 83.1. The Balaban J connectivity index is 3.32. The lowest BCUT2D eigenvalue weighted by Gasteiger charge is -1.87. The van der Waals surface area contributed by atoms with Crippen molar-refractivity contribution < 1.29 is 14.3 Å². The zero-order chi connectivity index (χ0) is 5.86. The molecule has 0 saturated carbocycles. The number of esters is 2. The van der Waals surface area contributed by atoms with Crippen molar-refractivity contribution in [1.82, 2.24) is 0 Å². The van der Waals surface area contributed by atoms with Gasteiger partial charge in [0.15, 0.2) is 0 Å². The van der Waals surface area contributed by atoms with Crippen LogP contribution in [0, 0.1) is 0 Å². The number of hydrogen-bond acceptors (Lipinski definition) is 3. The molecular formula is C4H6O3. The maximum atomic E-state index is 9.81. The quantitative estimate of drug-likeness (QED) is 0.326. The van der Waals surface area contributed by atoms with Gasteiger partial charge >= 0.3 is 11.9 Å². The first-order valence-corrected chi connectivity index (χ1v) is 1.82. The molecule has 0 aromatic heterocycles. The fourth-order valence-corrected chi connectivity index (χ4v) is 0.202. The van der Waals surface area contributed by atoms with Gasteiger partial charge < -0.3 is 4.74 Å². The SMILES string of the molecule is C[15C](=O)O[15C](C)=O. The van der Waals surface area contributed by atoms with Gasteiger partial charge in [-0.05, 0) is 0 Å². The molecule has 0 bridgehead atoms. The molecule has 0 radical (unpaired) electrons. The summed E-state index contributed by atoms with van der Waals surface area (Å²) in [4.78, 5) is 19.6. The minimum atomic E-state index is -0.562. The zero-order valence-corrected chi connectivity index (χ0v) is 4.22. The van der Waals surface area contributed by atoms with Crippen molar-refractivity contribution in [3.63, 3.8) is 0 Å². The summed E-state index contributed by atoms with van der Waals surface area (Å²) in [7, 11) is 0. The highest BCUT2D eigenvalue weighted by Crippen LogP contribution is 1.73. The molecule has 0 amide bonds. The molecule has 0 unspecified atom stereocenters. The fourth-order valence-electron chi connectivity index (χ4n) is 0.202. The first-order valence-electron chi connectivity index (χ1n) is 1.82. The van der Waals surface area contributed by atoms with Crippen molar-refractivity contribution in [1.29, 1.82) is 0 Å². The number of rotatable bonds is 0. The molecule has 7 heavy (non-hydrogen) atoms. The second-order valence-corrected chi connectivity index (χ2v) is 1.09. The molecule has 0 saturated heterocycles. The third-order valence-corrected chi connectivity index (χ3v) is 0.287. The van der Waals surface area contributed by atoms with Crippen molar-refractivity contribution in [2.24, 2.45) is 0 Å². The van der Waals surface area contributed by atoms with Crippen molar-refractivity contribution in [3.8, 4) is 0 Å².